The van der Waals surface area contributed by atoms with Crippen LogP contribution in [0, 0.1) is 5.92 Å². The number of nitrogens with zero attached hydrogens (tertiary/aromatic N) is 1. The smallest absolute Gasteiger partial charge is 0.188 e. The predicted molar refractivity (Wildman–Crippen MR) is 59.4 cm³/mol. The van der Waals surface area contributed by atoms with Crippen LogP contribution in [0.5, 0.6) is 5.75 Å². The fourth-order valence-corrected chi connectivity index (χ4v) is 1.74. The number of aliphatic hydroxyl groups excluding tert-OH is 1. The summed E-state index contributed by atoms with van der Waals surface area (Å²) < 4.78 is 10.2. The van der Waals surface area contributed by atoms with Gasteiger partial charge in [0.2, 0.25) is 0 Å². The van der Waals surface area contributed by atoms with E-state index in [0.717, 1.165) is 12.8 Å². The van der Waals surface area contributed by atoms with E-state index in [0.29, 0.717) is 22.4 Å². The molecule has 0 radical (unpaired) electrons. The first-order valence-corrected chi connectivity index (χ1v) is 5.55. The number of rotatable bonds is 5. The second-order valence-electron chi connectivity index (χ2n) is 3.88. The molecule has 0 spiro atoms. The molecule has 1 atom stereocenters. The van der Waals surface area contributed by atoms with Gasteiger partial charge in [-0.3, -0.25) is 0 Å². The van der Waals surface area contributed by atoms with Crippen LogP contribution in [0.1, 0.15) is 24.5 Å². The largest absolute Gasteiger partial charge is 0.466 e. The van der Waals surface area contributed by atoms with Crippen LogP contribution in [0.15, 0.2) is 12.3 Å². The van der Waals surface area contributed by atoms with Gasteiger partial charge in [0.15, 0.2) is 6.79 Å². The maximum atomic E-state index is 10.1. The number of aromatic nitrogens is 1. The van der Waals surface area contributed by atoms with Gasteiger partial charge in [0, 0.05) is 12.7 Å². The quantitative estimate of drug-likeness (QED) is 0.636. The first kappa shape index (κ1) is 11.6. The Morgan fingerprint density at radius 2 is 2.38 bits per heavy atom. The van der Waals surface area contributed by atoms with E-state index in [4.69, 9.17) is 21.1 Å². The summed E-state index contributed by atoms with van der Waals surface area (Å²) in [6.07, 6.45) is 3.09. The van der Waals surface area contributed by atoms with E-state index in [9.17, 15) is 5.11 Å². The minimum atomic E-state index is -0.521. The van der Waals surface area contributed by atoms with Gasteiger partial charge in [0.1, 0.15) is 10.9 Å². The van der Waals surface area contributed by atoms with Crippen molar-refractivity contribution in [1.82, 2.24) is 4.98 Å². The zero-order valence-electron chi connectivity index (χ0n) is 9.02. The highest BCUT2D eigenvalue weighted by molar-refractivity contribution is 6.29. The monoisotopic (exact) mass is 243 g/mol. The van der Waals surface area contributed by atoms with Crippen LogP contribution >= 0.6 is 11.6 Å². The molecule has 4 nitrogen and oxygen atoms in total. The van der Waals surface area contributed by atoms with Crippen molar-refractivity contribution in [3.63, 3.8) is 0 Å². The van der Waals surface area contributed by atoms with Crippen molar-refractivity contribution in [3.05, 3.63) is 23.0 Å². The van der Waals surface area contributed by atoms with Gasteiger partial charge in [-0.15, -0.1) is 0 Å². The molecule has 1 heterocycles. The second-order valence-corrected chi connectivity index (χ2v) is 4.27. The number of halogens is 1. The van der Waals surface area contributed by atoms with Crippen molar-refractivity contribution in [2.75, 3.05) is 13.9 Å². The molecule has 0 aromatic carbocycles. The molecule has 1 N–H and O–H groups in total. The Morgan fingerprint density at radius 1 is 1.62 bits per heavy atom. The number of ether oxygens (including phenoxy) is 2. The molecule has 1 aliphatic rings. The Balaban J connectivity index is 2.20. The molecule has 5 heteroatoms. The van der Waals surface area contributed by atoms with E-state index in [1.807, 2.05) is 0 Å². The van der Waals surface area contributed by atoms with Crippen LogP contribution in [0.4, 0.5) is 0 Å². The normalized spacial score (nSPS) is 17.2. The summed E-state index contributed by atoms with van der Waals surface area (Å²) in [6, 6.07) is 1.65. The van der Waals surface area contributed by atoms with E-state index in [1.165, 1.54) is 6.20 Å². The lowest BCUT2D eigenvalue weighted by molar-refractivity contribution is 0.0469. The van der Waals surface area contributed by atoms with Gasteiger partial charge >= 0.3 is 0 Å². The highest BCUT2D eigenvalue weighted by Crippen LogP contribution is 2.43. The zero-order valence-corrected chi connectivity index (χ0v) is 9.78. The van der Waals surface area contributed by atoms with Crippen molar-refractivity contribution in [3.8, 4) is 5.75 Å². The summed E-state index contributed by atoms with van der Waals surface area (Å²) in [7, 11) is 1.54. The average molecular weight is 244 g/mol. The molecule has 0 saturated heterocycles. The lowest BCUT2D eigenvalue weighted by Gasteiger charge is -2.15. The van der Waals surface area contributed by atoms with Crippen LogP contribution in [0.3, 0.4) is 0 Å². The Morgan fingerprint density at radius 3 is 3.00 bits per heavy atom. The van der Waals surface area contributed by atoms with Gasteiger partial charge in [-0.1, -0.05) is 11.6 Å². The second kappa shape index (κ2) is 4.99. The van der Waals surface area contributed by atoms with Crippen molar-refractivity contribution >= 4 is 11.6 Å². The van der Waals surface area contributed by atoms with Crippen LogP contribution in [-0.4, -0.2) is 24.0 Å². The number of pyridine rings is 1. The van der Waals surface area contributed by atoms with Crippen molar-refractivity contribution < 1.29 is 14.6 Å². The van der Waals surface area contributed by atoms with Crippen LogP contribution in [0.2, 0.25) is 5.15 Å². The Hall–Kier alpha value is -0.840. The maximum Gasteiger partial charge on any atom is 0.188 e. The fourth-order valence-electron chi connectivity index (χ4n) is 1.57. The van der Waals surface area contributed by atoms with E-state index in [1.54, 1.807) is 13.2 Å². The van der Waals surface area contributed by atoms with E-state index < -0.39 is 6.10 Å². The lowest BCUT2D eigenvalue weighted by Crippen LogP contribution is -2.07. The highest BCUT2D eigenvalue weighted by atomic mass is 35.5. The van der Waals surface area contributed by atoms with Crippen LogP contribution in [0.25, 0.3) is 0 Å². The average Bonchev–Trinajstić information content (AvgIpc) is 3.10. The number of methoxy groups -OCH3 is 1. The molecule has 1 fully saturated rings. The van der Waals surface area contributed by atoms with E-state index >= 15 is 0 Å². The van der Waals surface area contributed by atoms with Gasteiger partial charge in [0.25, 0.3) is 0 Å². The molecular formula is C11H14ClNO3. The first-order chi connectivity index (χ1) is 7.72. The van der Waals surface area contributed by atoms with Crippen LogP contribution in [-0.2, 0) is 4.74 Å². The Labute approximate surface area is 99.2 Å². The van der Waals surface area contributed by atoms with Crippen LogP contribution < -0.4 is 4.74 Å². The Kier molecular flexibility index (Phi) is 3.63. The predicted octanol–water partition coefficient (Wildman–Crippen LogP) is 2.16. The molecule has 1 saturated carbocycles. The van der Waals surface area contributed by atoms with Gasteiger partial charge in [-0.05, 0) is 24.8 Å². The van der Waals surface area contributed by atoms with Crippen molar-refractivity contribution in [2.45, 2.75) is 18.9 Å². The molecule has 0 amide bonds. The summed E-state index contributed by atoms with van der Waals surface area (Å²) >= 11 is 5.81. The minimum absolute atomic E-state index is 0.133. The van der Waals surface area contributed by atoms with Gasteiger partial charge in [0.05, 0.1) is 12.3 Å². The summed E-state index contributed by atoms with van der Waals surface area (Å²) in [4.78, 5) is 3.93. The first-order valence-electron chi connectivity index (χ1n) is 5.17. The standard InChI is InChI=1S/C11H14ClNO3/c1-15-6-16-9-5-13-10(12)4-8(9)11(14)7-2-3-7/h4-5,7,11,14H,2-3,6H2,1H3. The summed E-state index contributed by atoms with van der Waals surface area (Å²) in [5, 5.41) is 10.4. The summed E-state index contributed by atoms with van der Waals surface area (Å²) in [5.41, 5.74) is 0.694. The molecule has 88 valence electrons. The molecule has 16 heavy (non-hydrogen) atoms. The molecule has 0 aliphatic heterocycles. The summed E-state index contributed by atoms with van der Waals surface area (Å²) in [5.74, 6) is 0.856. The zero-order chi connectivity index (χ0) is 11.5. The molecule has 1 unspecified atom stereocenters. The number of hydrogen-bond acceptors (Lipinski definition) is 4. The highest BCUT2D eigenvalue weighted by Gasteiger charge is 2.32. The topological polar surface area (TPSA) is 51.6 Å². The molecule has 1 aromatic heterocycles. The third-order valence-electron chi connectivity index (χ3n) is 2.58. The lowest BCUT2D eigenvalue weighted by atomic mass is 10.1. The van der Waals surface area contributed by atoms with E-state index in [-0.39, 0.29) is 6.79 Å². The third-order valence-corrected chi connectivity index (χ3v) is 2.79. The number of aliphatic hydroxyl groups is 1. The van der Waals surface area contributed by atoms with Crippen molar-refractivity contribution in [2.24, 2.45) is 5.92 Å². The number of hydrogen-bond donors (Lipinski definition) is 1. The summed E-state index contributed by atoms with van der Waals surface area (Å²) in [6.45, 7) is 0.133. The molecule has 1 aromatic rings. The molecule has 1 aliphatic carbocycles. The molecular weight excluding hydrogens is 230 g/mol. The Bertz CT molecular complexity index is 368. The minimum Gasteiger partial charge on any atom is -0.466 e. The van der Waals surface area contributed by atoms with E-state index in [2.05, 4.69) is 4.98 Å². The van der Waals surface area contributed by atoms with Gasteiger partial charge in [-0.2, -0.15) is 0 Å². The maximum absolute atomic E-state index is 10.1. The fraction of sp³-hybridized carbons (Fsp3) is 0.545. The van der Waals surface area contributed by atoms with Gasteiger partial charge in [-0.25, -0.2) is 4.98 Å². The molecule has 2 rings (SSSR count). The third kappa shape index (κ3) is 2.64. The molecule has 0 bridgehead atoms. The van der Waals surface area contributed by atoms with Gasteiger partial charge < -0.3 is 14.6 Å². The van der Waals surface area contributed by atoms with Crippen molar-refractivity contribution in [1.29, 1.82) is 0 Å². The SMILES string of the molecule is COCOc1cnc(Cl)cc1C(O)C1CC1.